The van der Waals surface area contributed by atoms with Gasteiger partial charge >= 0.3 is 0 Å². The second-order valence-corrected chi connectivity index (χ2v) is 8.83. The van der Waals surface area contributed by atoms with Crippen LogP contribution in [0.5, 0.6) is 0 Å². The third-order valence-corrected chi connectivity index (χ3v) is 6.63. The van der Waals surface area contributed by atoms with Gasteiger partial charge in [0, 0.05) is 44.6 Å². The van der Waals surface area contributed by atoms with Crippen molar-refractivity contribution >= 4 is 11.8 Å². The van der Waals surface area contributed by atoms with Gasteiger partial charge in [0.25, 0.3) is 0 Å². The maximum Gasteiger partial charge on any atom is 0.227 e. The number of piperidine rings is 1. The van der Waals surface area contributed by atoms with Crippen molar-refractivity contribution in [1.29, 1.82) is 0 Å². The van der Waals surface area contributed by atoms with Crippen LogP contribution in [-0.4, -0.2) is 59.5 Å². The zero-order chi connectivity index (χ0) is 20.3. The van der Waals surface area contributed by atoms with E-state index in [0.29, 0.717) is 24.8 Å². The van der Waals surface area contributed by atoms with Gasteiger partial charge in [0.15, 0.2) is 0 Å². The number of carbonyl (C=O) groups excluding carboxylic acids is 2. The molecule has 0 saturated carbocycles. The minimum atomic E-state index is 0.0442. The number of aliphatic hydroxyl groups excluding tert-OH is 1. The average molecular weight is 387 g/mol. The second kappa shape index (κ2) is 9.08. The third kappa shape index (κ3) is 4.57. The molecule has 2 atom stereocenters. The number of hydrogen-bond donors (Lipinski definition) is 1. The molecule has 28 heavy (non-hydrogen) atoms. The summed E-state index contributed by atoms with van der Waals surface area (Å²) in [4.78, 5) is 29.0. The first-order valence-electron chi connectivity index (χ1n) is 10.6. The number of carbonyl (C=O) groups is 2. The Hall–Kier alpha value is -1.88. The summed E-state index contributed by atoms with van der Waals surface area (Å²) in [6.45, 7) is 9.05. The number of aliphatic hydroxyl groups is 1. The number of aryl methyl sites for hydroxylation is 1. The van der Waals surface area contributed by atoms with Crippen molar-refractivity contribution in [2.45, 2.75) is 40.0 Å². The summed E-state index contributed by atoms with van der Waals surface area (Å²) in [5.74, 6) is 1.40. The van der Waals surface area contributed by atoms with E-state index in [9.17, 15) is 14.7 Å². The fourth-order valence-electron chi connectivity index (χ4n) is 4.82. The Morgan fingerprint density at radius 3 is 2.39 bits per heavy atom. The Morgan fingerprint density at radius 1 is 1.11 bits per heavy atom. The van der Waals surface area contributed by atoms with Crippen LogP contribution in [0.3, 0.4) is 0 Å². The molecule has 2 amide bonds. The molecular weight excluding hydrogens is 352 g/mol. The van der Waals surface area contributed by atoms with Crippen LogP contribution in [0.4, 0.5) is 0 Å². The molecule has 0 unspecified atom stereocenters. The highest BCUT2D eigenvalue weighted by Gasteiger charge is 2.40. The first-order chi connectivity index (χ1) is 13.4. The highest BCUT2D eigenvalue weighted by Crippen LogP contribution is 2.36. The second-order valence-electron chi connectivity index (χ2n) is 8.83. The molecule has 2 aliphatic rings. The lowest BCUT2D eigenvalue weighted by Crippen LogP contribution is -2.43. The van der Waals surface area contributed by atoms with E-state index in [1.165, 1.54) is 0 Å². The Kier molecular flexibility index (Phi) is 6.76. The summed E-state index contributed by atoms with van der Waals surface area (Å²) in [7, 11) is 0. The van der Waals surface area contributed by atoms with E-state index in [0.717, 1.165) is 43.6 Å². The molecule has 5 heteroatoms. The Balaban J connectivity index is 1.59. The maximum atomic E-state index is 12.9. The van der Waals surface area contributed by atoms with Gasteiger partial charge in [0.05, 0.1) is 6.42 Å². The number of benzene rings is 1. The Bertz CT molecular complexity index is 695. The minimum Gasteiger partial charge on any atom is -0.396 e. The monoisotopic (exact) mass is 386 g/mol. The van der Waals surface area contributed by atoms with Crippen molar-refractivity contribution in [3.8, 4) is 0 Å². The quantitative estimate of drug-likeness (QED) is 0.846. The Morgan fingerprint density at radius 2 is 1.79 bits per heavy atom. The van der Waals surface area contributed by atoms with Gasteiger partial charge in [-0.05, 0) is 42.7 Å². The van der Waals surface area contributed by atoms with Gasteiger partial charge < -0.3 is 14.9 Å². The molecule has 0 radical (unpaired) electrons. The predicted molar refractivity (Wildman–Crippen MR) is 110 cm³/mol. The van der Waals surface area contributed by atoms with Gasteiger partial charge in [-0.2, -0.15) is 0 Å². The largest absolute Gasteiger partial charge is 0.396 e. The third-order valence-electron chi connectivity index (χ3n) is 6.63. The van der Waals surface area contributed by atoms with Crippen LogP contribution >= 0.6 is 0 Å². The number of rotatable bonds is 5. The normalized spacial score (nSPS) is 23.5. The predicted octanol–water partition coefficient (Wildman–Crippen LogP) is 2.50. The standard InChI is InChI=1S/C23H34N2O3/c1-16(2)23(28)24-10-8-18(9-11-24)21-14-25(13-20(21)15-26)22(27)12-19-7-5-4-6-17(19)3/h4-7,16,18,20-21,26H,8-15H2,1-3H3/t20-,21-/m0/s1. The molecule has 154 valence electrons. The van der Waals surface area contributed by atoms with E-state index in [-0.39, 0.29) is 30.3 Å². The summed E-state index contributed by atoms with van der Waals surface area (Å²) in [6.07, 6.45) is 2.37. The lowest BCUT2D eigenvalue weighted by atomic mass is 9.78. The van der Waals surface area contributed by atoms with Crippen molar-refractivity contribution in [1.82, 2.24) is 9.80 Å². The van der Waals surface area contributed by atoms with E-state index in [1.54, 1.807) is 0 Å². The van der Waals surface area contributed by atoms with Gasteiger partial charge in [0.1, 0.15) is 0 Å². The van der Waals surface area contributed by atoms with Gasteiger partial charge in [-0.25, -0.2) is 0 Å². The van der Waals surface area contributed by atoms with Crippen LogP contribution in [0.2, 0.25) is 0 Å². The van der Waals surface area contributed by atoms with Crippen LogP contribution in [0.25, 0.3) is 0 Å². The summed E-state index contributed by atoms with van der Waals surface area (Å²) in [5, 5.41) is 9.91. The number of likely N-dealkylation sites (tertiary alicyclic amines) is 2. The average Bonchev–Trinajstić information content (AvgIpc) is 3.14. The highest BCUT2D eigenvalue weighted by atomic mass is 16.3. The molecule has 2 fully saturated rings. The first-order valence-corrected chi connectivity index (χ1v) is 10.6. The summed E-state index contributed by atoms with van der Waals surface area (Å²) < 4.78 is 0. The lowest BCUT2D eigenvalue weighted by Gasteiger charge is -2.37. The van der Waals surface area contributed by atoms with E-state index in [2.05, 4.69) is 0 Å². The molecule has 1 N–H and O–H groups in total. The molecule has 3 rings (SSSR count). The zero-order valence-corrected chi connectivity index (χ0v) is 17.4. The molecule has 0 aromatic heterocycles. The smallest absolute Gasteiger partial charge is 0.227 e. The molecule has 2 aliphatic heterocycles. The number of nitrogens with zero attached hydrogens (tertiary/aromatic N) is 2. The molecule has 2 saturated heterocycles. The van der Waals surface area contributed by atoms with E-state index >= 15 is 0 Å². The van der Waals surface area contributed by atoms with E-state index in [1.807, 2.05) is 54.8 Å². The number of hydrogen-bond acceptors (Lipinski definition) is 3. The van der Waals surface area contributed by atoms with Crippen molar-refractivity contribution in [2.24, 2.45) is 23.7 Å². The molecule has 0 bridgehead atoms. The fraction of sp³-hybridized carbons (Fsp3) is 0.652. The zero-order valence-electron chi connectivity index (χ0n) is 17.4. The first kappa shape index (κ1) is 20.8. The van der Waals surface area contributed by atoms with Crippen molar-refractivity contribution in [3.63, 3.8) is 0 Å². The van der Waals surface area contributed by atoms with Crippen molar-refractivity contribution in [2.75, 3.05) is 32.8 Å². The molecule has 1 aromatic carbocycles. The molecule has 5 nitrogen and oxygen atoms in total. The lowest BCUT2D eigenvalue weighted by molar-refractivity contribution is -0.136. The maximum absolute atomic E-state index is 12.9. The molecule has 0 spiro atoms. The SMILES string of the molecule is Cc1ccccc1CC(=O)N1C[C@@H](CO)[C@H](C2CCN(C(=O)C(C)C)CC2)C1. The topological polar surface area (TPSA) is 60.9 Å². The van der Waals surface area contributed by atoms with Crippen LogP contribution < -0.4 is 0 Å². The van der Waals surface area contributed by atoms with Crippen LogP contribution in [0.1, 0.15) is 37.8 Å². The van der Waals surface area contributed by atoms with E-state index < -0.39 is 0 Å². The van der Waals surface area contributed by atoms with Gasteiger partial charge in [0.2, 0.25) is 11.8 Å². The Labute approximate surface area is 168 Å². The summed E-state index contributed by atoms with van der Waals surface area (Å²) in [5.41, 5.74) is 2.23. The minimum absolute atomic E-state index is 0.0442. The fourth-order valence-corrected chi connectivity index (χ4v) is 4.82. The summed E-state index contributed by atoms with van der Waals surface area (Å²) in [6, 6.07) is 8.03. The van der Waals surface area contributed by atoms with Crippen LogP contribution in [0.15, 0.2) is 24.3 Å². The van der Waals surface area contributed by atoms with Gasteiger partial charge in [-0.1, -0.05) is 38.1 Å². The molecular formula is C23H34N2O3. The van der Waals surface area contributed by atoms with Crippen molar-refractivity contribution < 1.29 is 14.7 Å². The van der Waals surface area contributed by atoms with Crippen molar-refractivity contribution in [3.05, 3.63) is 35.4 Å². The molecule has 1 aromatic rings. The van der Waals surface area contributed by atoms with Gasteiger partial charge in [-0.15, -0.1) is 0 Å². The molecule has 2 heterocycles. The van der Waals surface area contributed by atoms with Crippen LogP contribution in [-0.2, 0) is 16.0 Å². The van der Waals surface area contributed by atoms with Crippen LogP contribution in [0, 0.1) is 30.6 Å². The molecule has 0 aliphatic carbocycles. The van der Waals surface area contributed by atoms with E-state index in [4.69, 9.17) is 0 Å². The van der Waals surface area contributed by atoms with Gasteiger partial charge in [-0.3, -0.25) is 9.59 Å². The summed E-state index contributed by atoms with van der Waals surface area (Å²) >= 11 is 0. The number of amides is 2. The highest BCUT2D eigenvalue weighted by molar-refractivity contribution is 5.79.